The molecule has 9 nitrogen and oxygen atoms in total. The van der Waals surface area contributed by atoms with E-state index in [1.165, 1.54) is 20.8 Å². The van der Waals surface area contributed by atoms with E-state index >= 15 is 0 Å². The first-order chi connectivity index (χ1) is 17.4. The lowest BCUT2D eigenvalue weighted by Gasteiger charge is -2.24. The number of fused-ring (bicyclic) bond motifs is 3. The molecular formula is C28H35N3O6. The van der Waals surface area contributed by atoms with E-state index < -0.39 is 47.6 Å². The lowest BCUT2D eigenvalue weighted by Crippen LogP contribution is -2.54. The summed E-state index contributed by atoms with van der Waals surface area (Å²) in [5.41, 5.74) is 3.72. The number of alkyl carbamates (subject to hydrolysis) is 1. The molecule has 0 aliphatic heterocycles. The third-order valence-electron chi connectivity index (χ3n) is 5.94. The van der Waals surface area contributed by atoms with Gasteiger partial charge in [-0.25, -0.2) is 9.59 Å². The molecule has 0 radical (unpaired) electrons. The van der Waals surface area contributed by atoms with Gasteiger partial charge in [0.15, 0.2) is 0 Å². The topological polar surface area (TPSA) is 123 Å². The van der Waals surface area contributed by atoms with Crippen LogP contribution in [0.4, 0.5) is 4.79 Å². The van der Waals surface area contributed by atoms with E-state index in [-0.39, 0.29) is 12.5 Å². The SMILES string of the molecule is C[C@H](NC(=O)OCC1c2ccccc2-c2ccccc21)C(=O)N[C@@H](C)C(=O)N[C@@H](C)C(=O)OC(C)(C)C. The summed E-state index contributed by atoms with van der Waals surface area (Å²) in [5.74, 6) is -1.80. The normalized spacial score (nSPS) is 14.9. The molecule has 0 bridgehead atoms. The summed E-state index contributed by atoms with van der Waals surface area (Å²) in [6.45, 7) is 9.78. The molecule has 3 N–H and O–H groups in total. The van der Waals surface area contributed by atoms with Crippen LogP contribution < -0.4 is 16.0 Å². The van der Waals surface area contributed by atoms with Gasteiger partial charge in [0.25, 0.3) is 0 Å². The average Bonchev–Trinajstić information content (AvgIpc) is 3.15. The molecule has 0 aromatic heterocycles. The van der Waals surface area contributed by atoms with Crippen molar-refractivity contribution in [1.29, 1.82) is 0 Å². The lowest BCUT2D eigenvalue weighted by atomic mass is 9.98. The zero-order valence-electron chi connectivity index (χ0n) is 22.1. The van der Waals surface area contributed by atoms with Gasteiger partial charge in [-0.3, -0.25) is 9.59 Å². The molecule has 0 heterocycles. The van der Waals surface area contributed by atoms with Gasteiger partial charge >= 0.3 is 12.1 Å². The molecule has 2 aromatic rings. The van der Waals surface area contributed by atoms with Gasteiger partial charge in [0.05, 0.1) is 0 Å². The molecule has 0 saturated carbocycles. The zero-order valence-corrected chi connectivity index (χ0v) is 22.1. The molecule has 0 saturated heterocycles. The maximum absolute atomic E-state index is 12.5. The van der Waals surface area contributed by atoms with Crippen LogP contribution in [0.1, 0.15) is 58.6 Å². The van der Waals surface area contributed by atoms with Crippen molar-refractivity contribution in [2.24, 2.45) is 0 Å². The highest BCUT2D eigenvalue weighted by atomic mass is 16.6. The minimum atomic E-state index is -0.950. The van der Waals surface area contributed by atoms with E-state index in [0.717, 1.165) is 22.3 Å². The first-order valence-corrected chi connectivity index (χ1v) is 12.3. The first-order valence-electron chi connectivity index (χ1n) is 12.3. The number of rotatable bonds is 8. The van der Waals surface area contributed by atoms with Crippen LogP contribution in [0.25, 0.3) is 11.1 Å². The molecule has 198 valence electrons. The lowest BCUT2D eigenvalue weighted by molar-refractivity contribution is -0.158. The van der Waals surface area contributed by atoms with Crippen molar-refractivity contribution in [3.05, 3.63) is 59.7 Å². The van der Waals surface area contributed by atoms with Gasteiger partial charge in [-0.1, -0.05) is 48.5 Å². The van der Waals surface area contributed by atoms with Gasteiger partial charge < -0.3 is 25.4 Å². The molecule has 1 aliphatic rings. The summed E-state index contributed by atoms with van der Waals surface area (Å²) >= 11 is 0. The molecule has 37 heavy (non-hydrogen) atoms. The van der Waals surface area contributed by atoms with E-state index in [0.29, 0.717) is 0 Å². The predicted molar refractivity (Wildman–Crippen MR) is 139 cm³/mol. The van der Waals surface area contributed by atoms with Crippen molar-refractivity contribution in [3.8, 4) is 11.1 Å². The molecule has 1 aliphatic carbocycles. The van der Waals surface area contributed by atoms with Crippen molar-refractivity contribution in [1.82, 2.24) is 16.0 Å². The van der Waals surface area contributed by atoms with Crippen LogP contribution in [0.2, 0.25) is 0 Å². The van der Waals surface area contributed by atoms with E-state index in [1.54, 1.807) is 20.8 Å². The Kier molecular flexibility index (Phi) is 8.57. The van der Waals surface area contributed by atoms with Crippen molar-refractivity contribution in [3.63, 3.8) is 0 Å². The summed E-state index contributed by atoms with van der Waals surface area (Å²) in [4.78, 5) is 49.5. The summed E-state index contributed by atoms with van der Waals surface area (Å²) in [6.07, 6.45) is -0.736. The largest absolute Gasteiger partial charge is 0.458 e. The average molecular weight is 510 g/mol. The second-order valence-corrected chi connectivity index (χ2v) is 10.2. The number of carbonyl (C=O) groups is 4. The van der Waals surface area contributed by atoms with Crippen LogP contribution in [0.15, 0.2) is 48.5 Å². The number of hydrogen-bond donors (Lipinski definition) is 3. The summed E-state index contributed by atoms with van der Waals surface area (Å²) in [7, 11) is 0. The van der Waals surface area contributed by atoms with Crippen LogP contribution in [-0.4, -0.2) is 54.2 Å². The van der Waals surface area contributed by atoms with E-state index in [9.17, 15) is 19.2 Å². The maximum Gasteiger partial charge on any atom is 0.407 e. The summed E-state index contributed by atoms with van der Waals surface area (Å²) < 4.78 is 10.7. The second-order valence-electron chi connectivity index (χ2n) is 10.2. The highest BCUT2D eigenvalue weighted by Crippen LogP contribution is 2.44. The molecule has 0 spiro atoms. The molecular weight excluding hydrogens is 474 g/mol. The Morgan fingerprint density at radius 1 is 0.757 bits per heavy atom. The Morgan fingerprint density at radius 2 is 1.22 bits per heavy atom. The Labute approximate surface area is 217 Å². The van der Waals surface area contributed by atoms with Crippen LogP contribution in [0, 0.1) is 0 Å². The van der Waals surface area contributed by atoms with E-state index in [1.807, 2.05) is 48.5 Å². The smallest absolute Gasteiger partial charge is 0.407 e. The molecule has 3 amide bonds. The number of carbonyl (C=O) groups excluding carboxylic acids is 4. The third kappa shape index (κ3) is 7.09. The van der Waals surface area contributed by atoms with E-state index in [4.69, 9.17) is 9.47 Å². The minimum absolute atomic E-state index is 0.0991. The highest BCUT2D eigenvalue weighted by Gasteiger charge is 2.30. The van der Waals surface area contributed by atoms with Gasteiger partial charge in [0.1, 0.15) is 30.3 Å². The maximum atomic E-state index is 12.5. The van der Waals surface area contributed by atoms with Crippen molar-refractivity contribution in [2.75, 3.05) is 6.61 Å². The third-order valence-corrected chi connectivity index (χ3v) is 5.94. The molecule has 2 aromatic carbocycles. The van der Waals surface area contributed by atoms with Gasteiger partial charge in [0.2, 0.25) is 11.8 Å². The van der Waals surface area contributed by atoms with Crippen LogP contribution in [0.3, 0.4) is 0 Å². The standard InChI is InChI=1S/C28H35N3O6/c1-16(24(32)30-18(3)26(34)37-28(4,5)6)29-25(33)17(2)31-27(35)36-15-23-21-13-9-7-11-19(21)20-12-8-10-14-22(20)23/h7-14,16-18,23H,15H2,1-6H3,(H,29,33)(H,30,32)(H,31,35)/t16-,17-,18-/m0/s1. The molecule has 0 unspecified atom stereocenters. The molecule has 9 heteroatoms. The van der Waals surface area contributed by atoms with Gasteiger partial charge in [0, 0.05) is 5.92 Å². The first kappa shape index (κ1) is 27.7. The fraction of sp³-hybridized carbons (Fsp3) is 0.429. The van der Waals surface area contributed by atoms with Crippen LogP contribution >= 0.6 is 0 Å². The molecule has 3 atom stereocenters. The monoisotopic (exact) mass is 509 g/mol. The number of nitrogens with one attached hydrogen (secondary N) is 3. The predicted octanol–water partition coefficient (Wildman–Crippen LogP) is 3.26. The Morgan fingerprint density at radius 3 is 1.73 bits per heavy atom. The Bertz CT molecular complexity index is 1130. The number of esters is 1. The summed E-state index contributed by atoms with van der Waals surface area (Å²) in [5, 5.41) is 7.54. The Hall–Kier alpha value is -3.88. The number of benzene rings is 2. The molecule has 0 fully saturated rings. The Balaban J connectivity index is 1.48. The van der Waals surface area contributed by atoms with Crippen molar-refractivity contribution in [2.45, 2.75) is 71.2 Å². The van der Waals surface area contributed by atoms with Crippen LogP contribution in [-0.2, 0) is 23.9 Å². The minimum Gasteiger partial charge on any atom is -0.458 e. The zero-order chi connectivity index (χ0) is 27.3. The van der Waals surface area contributed by atoms with E-state index in [2.05, 4.69) is 16.0 Å². The number of amides is 3. The summed E-state index contributed by atoms with van der Waals surface area (Å²) in [6, 6.07) is 13.2. The van der Waals surface area contributed by atoms with Gasteiger partial charge in [-0.05, 0) is 63.8 Å². The van der Waals surface area contributed by atoms with Crippen LogP contribution in [0.5, 0.6) is 0 Å². The quantitative estimate of drug-likeness (QED) is 0.470. The van der Waals surface area contributed by atoms with Crippen molar-refractivity contribution < 1.29 is 28.7 Å². The number of ether oxygens (including phenoxy) is 2. The highest BCUT2D eigenvalue weighted by molar-refractivity contribution is 5.92. The fourth-order valence-electron chi connectivity index (χ4n) is 4.07. The molecule has 3 rings (SSSR count). The fourth-order valence-corrected chi connectivity index (χ4v) is 4.07. The van der Waals surface area contributed by atoms with Gasteiger partial charge in [-0.2, -0.15) is 0 Å². The number of hydrogen-bond acceptors (Lipinski definition) is 6. The van der Waals surface area contributed by atoms with Crippen molar-refractivity contribution >= 4 is 23.9 Å². The second kappa shape index (κ2) is 11.5. The van der Waals surface area contributed by atoms with Gasteiger partial charge in [-0.15, -0.1) is 0 Å².